The Morgan fingerprint density at radius 3 is 2.60 bits per heavy atom. The highest BCUT2D eigenvalue weighted by molar-refractivity contribution is 8.01. The molecule has 1 aromatic carbocycles. The third-order valence-corrected chi connectivity index (χ3v) is 9.10. The fraction of sp³-hybridized carbons (Fsp3) is 0.550. The van der Waals surface area contributed by atoms with E-state index in [-0.39, 0.29) is 17.2 Å². The molecule has 0 saturated carbocycles. The molecule has 30 heavy (non-hydrogen) atoms. The lowest BCUT2D eigenvalue weighted by Gasteiger charge is -2.29. The van der Waals surface area contributed by atoms with Crippen LogP contribution < -0.4 is 5.32 Å². The van der Waals surface area contributed by atoms with Crippen LogP contribution in [0.5, 0.6) is 0 Å². The van der Waals surface area contributed by atoms with Gasteiger partial charge in [-0.15, -0.1) is 10.2 Å². The molecule has 1 N–H and O–H groups in total. The number of hydrogen-bond acceptors (Lipinski definition) is 8. The number of rotatable bonds is 10. The molecule has 1 aromatic heterocycles. The zero-order chi connectivity index (χ0) is 21.6. The summed E-state index contributed by atoms with van der Waals surface area (Å²) in [4.78, 5) is 12.7. The summed E-state index contributed by atoms with van der Waals surface area (Å²) < 4.78 is 28.0. The first-order chi connectivity index (χ1) is 14.4. The van der Waals surface area contributed by atoms with Gasteiger partial charge in [-0.3, -0.25) is 4.79 Å². The van der Waals surface area contributed by atoms with Gasteiger partial charge < -0.3 is 5.32 Å². The van der Waals surface area contributed by atoms with E-state index in [9.17, 15) is 13.2 Å². The Morgan fingerprint density at radius 1 is 1.23 bits per heavy atom. The molecule has 7 nitrogen and oxygen atoms in total. The second kappa shape index (κ2) is 10.7. The van der Waals surface area contributed by atoms with E-state index in [0.717, 1.165) is 35.8 Å². The van der Waals surface area contributed by atoms with Crippen molar-refractivity contribution in [1.29, 1.82) is 0 Å². The molecule has 1 aliphatic rings. The third-order valence-electron chi connectivity index (χ3n) is 5.09. The summed E-state index contributed by atoms with van der Waals surface area (Å²) >= 11 is 3.11. The highest BCUT2D eigenvalue weighted by atomic mass is 32.2. The van der Waals surface area contributed by atoms with Crippen molar-refractivity contribution in [2.75, 3.05) is 30.7 Å². The smallest absolute Gasteiger partial charge is 0.243 e. The van der Waals surface area contributed by atoms with E-state index in [1.54, 1.807) is 23.9 Å². The summed E-state index contributed by atoms with van der Waals surface area (Å²) in [5.41, 5.74) is 0.468. The maximum Gasteiger partial charge on any atom is 0.243 e. The number of carbonyl (C=O) groups excluding carboxylic acids is 1. The van der Waals surface area contributed by atoms with Crippen LogP contribution in [-0.2, 0) is 10.0 Å². The van der Waals surface area contributed by atoms with Crippen LogP contribution >= 0.6 is 23.1 Å². The summed E-state index contributed by atoms with van der Waals surface area (Å²) in [7, 11) is -3.50. The maximum atomic E-state index is 12.8. The number of sulfonamides is 1. The number of Topliss-reactive ketones (excluding diaryl/α,β-unsaturated/α-hetero) is 1. The second-order valence-corrected chi connectivity index (χ2v) is 11.7. The predicted molar refractivity (Wildman–Crippen MR) is 122 cm³/mol. The van der Waals surface area contributed by atoms with E-state index in [4.69, 9.17) is 0 Å². The van der Waals surface area contributed by atoms with Crippen molar-refractivity contribution >= 4 is 44.0 Å². The van der Waals surface area contributed by atoms with Crippen molar-refractivity contribution in [3.05, 3.63) is 29.8 Å². The Balaban J connectivity index is 1.55. The molecule has 1 fully saturated rings. The predicted octanol–water partition coefficient (Wildman–Crippen LogP) is 4.15. The molecular weight excluding hydrogens is 440 g/mol. The standard InChI is InChI=1S/C20H28N4O3S3/c1-3-4-13-28-20-23-22-19(29-20)21-14-18(25)16-5-7-17(8-6-16)30(26,27)24-11-9-15(2)10-12-24/h5-8,15H,3-4,9-14H2,1-2H3,(H,21,22). The van der Waals surface area contributed by atoms with Gasteiger partial charge in [0, 0.05) is 24.4 Å². The minimum absolute atomic E-state index is 0.0877. The van der Waals surface area contributed by atoms with Gasteiger partial charge >= 0.3 is 0 Å². The SMILES string of the molecule is CCCCSc1nnc(NCC(=O)c2ccc(S(=O)(=O)N3CCC(C)CC3)cc2)s1. The van der Waals surface area contributed by atoms with Gasteiger partial charge in [-0.05, 0) is 49.4 Å². The normalized spacial score (nSPS) is 15.9. The molecule has 0 radical (unpaired) electrons. The number of unbranched alkanes of at least 4 members (excludes halogenated alkanes) is 1. The van der Waals surface area contributed by atoms with E-state index < -0.39 is 10.0 Å². The molecule has 0 atom stereocenters. The largest absolute Gasteiger partial charge is 0.353 e. The second-order valence-electron chi connectivity index (χ2n) is 7.46. The summed E-state index contributed by atoms with van der Waals surface area (Å²) in [5, 5.41) is 11.8. The number of aromatic nitrogens is 2. The number of nitrogens with zero attached hydrogens (tertiary/aromatic N) is 3. The lowest BCUT2D eigenvalue weighted by atomic mass is 10.0. The molecule has 0 amide bonds. The van der Waals surface area contributed by atoms with E-state index in [2.05, 4.69) is 29.4 Å². The van der Waals surface area contributed by atoms with E-state index in [0.29, 0.717) is 29.7 Å². The van der Waals surface area contributed by atoms with Crippen molar-refractivity contribution in [3.63, 3.8) is 0 Å². The molecule has 3 rings (SSSR count). The monoisotopic (exact) mass is 468 g/mol. The molecule has 1 saturated heterocycles. The maximum absolute atomic E-state index is 12.8. The summed E-state index contributed by atoms with van der Waals surface area (Å²) in [6, 6.07) is 6.20. The average molecular weight is 469 g/mol. The molecule has 2 heterocycles. The first-order valence-electron chi connectivity index (χ1n) is 10.2. The molecular formula is C20H28N4O3S3. The fourth-order valence-corrected chi connectivity index (χ4v) is 6.46. The minimum atomic E-state index is -3.50. The van der Waals surface area contributed by atoms with Crippen LogP contribution in [0.15, 0.2) is 33.5 Å². The number of carbonyl (C=O) groups is 1. The van der Waals surface area contributed by atoms with Crippen LogP contribution in [-0.4, -0.2) is 54.1 Å². The lowest BCUT2D eigenvalue weighted by Crippen LogP contribution is -2.37. The molecule has 10 heteroatoms. The Labute approximate surface area is 186 Å². The van der Waals surface area contributed by atoms with Crippen molar-refractivity contribution in [3.8, 4) is 0 Å². The first kappa shape index (κ1) is 23.2. The summed E-state index contributed by atoms with van der Waals surface area (Å²) in [6.45, 7) is 5.48. The molecule has 1 aliphatic heterocycles. The zero-order valence-electron chi connectivity index (χ0n) is 17.3. The third kappa shape index (κ3) is 6.03. The Kier molecular flexibility index (Phi) is 8.27. The lowest BCUT2D eigenvalue weighted by molar-refractivity contribution is 0.101. The van der Waals surface area contributed by atoms with Crippen LogP contribution in [0.25, 0.3) is 0 Å². The van der Waals surface area contributed by atoms with E-state index in [1.807, 2.05) is 0 Å². The van der Waals surface area contributed by atoms with Crippen LogP contribution in [0.2, 0.25) is 0 Å². The van der Waals surface area contributed by atoms with Gasteiger partial charge in [0.15, 0.2) is 10.1 Å². The van der Waals surface area contributed by atoms with Crippen molar-refractivity contribution < 1.29 is 13.2 Å². The van der Waals surface area contributed by atoms with E-state index >= 15 is 0 Å². The highest BCUT2D eigenvalue weighted by Crippen LogP contribution is 2.26. The van der Waals surface area contributed by atoms with Crippen molar-refractivity contribution in [1.82, 2.24) is 14.5 Å². The molecule has 0 unspecified atom stereocenters. The van der Waals surface area contributed by atoms with Gasteiger partial charge in [-0.2, -0.15) is 4.31 Å². The molecule has 0 bridgehead atoms. The highest BCUT2D eigenvalue weighted by Gasteiger charge is 2.28. The molecule has 2 aromatic rings. The van der Waals surface area contributed by atoms with Gasteiger partial charge in [0.1, 0.15) is 0 Å². The van der Waals surface area contributed by atoms with Gasteiger partial charge in [-0.25, -0.2) is 8.42 Å². The number of thioether (sulfide) groups is 1. The van der Waals surface area contributed by atoms with Crippen molar-refractivity contribution in [2.24, 2.45) is 5.92 Å². The van der Waals surface area contributed by atoms with E-state index in [1.165, 1.54) is 27.8 Å². The van der Waals surface area contributed by atoms with Gasteiger partial charge in [-0.1, -0.05) is 43.4 Å². The number of hydrogen-bond donors (Lipinski definition) is 1. The molecule has 0 spiro atoms. The van der Waals surface area contributed by atoms with Gasteiger partial charge in [0.2, 0.25) is 15.2 Å². The number of ketones is 1. The summed E-state index contributed by atoms with van der Waals surface area (Å²) in [6.07, 6.45) is 4.04. The van der Waals surface area contributed by atoms with Crippen molar-refractivity contribution in [2.45, 2.75) is 48.8 Å². The van der Waals surface area contributed by atoms with Crippen LogP contribution in [0.1, 0.15) is 49.9 Å². The minimum Gasteiger partial charge on any atom is -0.353 e. The molecule has 0 aliphatic carbocycles. The topological polar surface area (TPSA) is 92.3 Å². The first-order valence-corrected chi connectivity index (χ1v) is 13.5. The molecule has 164 valence electrons. The number of anilines is 1. The quantitative estimate of drug-likeness (QED) is 0.318. The van der Waals surface area contributed by atoms with Crippen LogP contribution in [0.3, 0.4) is 0 Å². The number of benzene rings is 1. The van der Waals surface area contributed by atoms with Gasteiger partial charge in [0.25, 0.3) is 0 Å². The fourth-order valence-electron chi connectivity index (χ4n) is 3.09. The number of nitrogens with one attached hydrogen (secondary N) is 1. The number of piperidine rings is 1. The Hall–Kier alpha value is -1.49. The average Bonchev–Trinajstić information content (AvgIpc) is 3.20. The summed E-state index contributed by atoms with van der Waals surface area (Å²) in [5.74, 6) is 1.44. The zero-order valence-corrected chi connectivity index (χ0v) is 19.8. The van der Waals surface area contributed by atoms with Crippen LogP contribution in [0, 0.1) is 5.92 Å². The van der Waals surface area contributed by atoms with Gasteiger partial charge in [0.05, 0.1) is 11.4 Å². The Bertz CT molecular complexity index is 936. The Morgan fingerprint density at radius 2 is 1.93 bits per heavy atom. The van der Waals surface area contributed by atoms with Crippen LogP contribution in [0.4, 0.5) is 5.13 Å².